The molecule has 0 aliphatic rings. The molecule has 0 saturated carbocycles. The van der Waals surface area contributed by atoms with Crippen molar-refractivity contribution in [2.24, 2.45) is 0 Å². The summed E-state index contributed by atoms with van der Waals surface area (Å²) in [6.07, 6.45) is 0. The van der Waals surface area contributed by atoms with E-state index in [0.717, 1.165) is 0 Å². The van der Waals surface area contributed by atoms with Gasteiger partial charge in [-0.3, -0.25) is 0 Å². The minimum atomic E-state index is 0. The maximum atomic E-state index is 0. The van der Waals surface area contributed by atoms with E-state index in [9.17, 15) is 0 Å². The van der Waals surface area contributed by atoms with Gasteiger partial charge in [-0.1, -0.05) is 0 Å². The predicted octanol–water partition coefficient (Wildman–Crippen LogP) is -18.0. The molecule has 0 aromatic carbocycles. The third kappa shape index (κ3) is 732. The Morgan fingerprint density at radius 3 is 0.333 bits per heavy atom. The SMILES string of the molecule is [F-].[F-].[F-].[F-].[F-].[Li+]. The first-order valence-electron chi connectivity index (χ1n) is 0. The molecule has 0 aliphatic heterocycles. The molecule has 6 heteroatoms. The van der Waals surface area contributed by atoms with E-state index in [0.29, 0.717) is 0 Å². The Hall–Kier alpha value is 0.247. The van der Waals surface area contributed by atoms with E-state index in [4.69, 9.17) is 0 Å². The fourth-order valence-electron chi connectivity index (χ4n) is 0. The number of hydrogen-bond donors (Lipinski definition) is 0. The van der Waals surface area contributed by atoms with Crippen LogP contribution in [0, 0.1) is 0 Å². The molecule has 0 spiro atoms. The van der Waals surface area contributed by atoms with Gasteiger partial charge < -0.3 is 23.5 Å². The molecule has 0 amide bonds. The molecule has 0 rings (SSSR count). The van der Waals surface area contributed by atoms with Crippen molar-refractivity contribution in [1.82, 2.24) is 0 Å². The fourth-order valence-corrected chi connectivity index (χ4v) is 0. The summed E-state index contributed by atoms with van der Waals surface area (Å²) in [5.74, 6) is 0. The first-order valence-corrected chi connectivity index (χ1v) is 0. The van der Waals surface area contributed by atoms with Crippen LogP contribution >= 0.6 is 0 Å². The molecule has 0 bridgehead atoms. The van der Waals surface area contributed by atoms with Crippen molar-refractivity contribution in [3.8, 4) is 0 Å². The Morgan fingerprint density at radius 2 is 0.333 bits per heavy atom. The topological polar surface area (TPSA) is 0 Å². The molecule has 0 saturated heterocycles. The van der Waals surface area contributed by atoms with Gasteiger partial charge in [0.2, 0.25) is 0 Å². The van der Waals surface area contributed by atoms with Crippen LogP contribution in [0.5, 0.6) is 0 Å². The molecule has 6 heavy (non-hydrogen) atoms. The van der Waals surface area contributed by atoms with E-state index in [2.05, 4.69) is 0 Å². The predicted molar refractivity (Wildman–Crippen MR) is 0 cm³/mol. The van der Waals surface area contributed by atoms with Gasteiger partial charge >= 0.3 is 18.9 Å². The van der Waals surface area contributed by atoms with Gasteiger partial charge in [0.1, 0.15) is 0 Å². The van der Waals surface area contributed by atoms with Crippen molar-refractivity contribution in [2.75, 3.05) is 0 Å². The maximum Gasteiger partial charge on any atom is 1.00 e. The number of rotatable bonds is 0. The molecular weight excluding hydrogens is 102 g/mol. The van der Waals surface area contributed by atoms with Crippen LogP contribution in [0.25, 0.3) is 0 Å². The van der Waals surface area contributed by atoms with Gasteiger partial charge in [0.05, 0.1) is 0 Å². The number of halogens is 5. The first kappa shape index (κ1) is 2810. The Labute approximate surface area is 43.3 Å². The third-order valence-corrected chi connectivity index (χ3v) is 0. The van der Waals surface area contributed by atoms with Crippen LogP contribution in [0.15, 0.2) is 0 Å². The van der Waals surface area contributed by atoms with Gasteiger partial charge in [-0.05, 0) is 0 Å². The smallest absolute Gasteiger partial charge is 1.00 e. The summed E-state index contributed by atoms with van der Waals surface area (Å²) in [5, 5.41) is 0. The molecule has 40 valence electrons. The van der Waals surface area contributed by atoms with Crippen LogP contribution in [0.4, 0.5) is 0 Å². The van der Waals surface area contributed by atoms with Crippen LogP contribution < -0.4 is 42.4 Å². The molecule has 0 heterocycles. The van der Waals surface area contributed by atoms with Crippen molar-refractivity contribution in [2.45, 2.75) is 0 Å². The molecule has 0 nitrogen and oxygen atoms in total. The number of hydrogen-bond acceptors (Lipinski definition) is 0. The van der Waals surface area contributed by atoms with Crippen molar-refractivity contribution < 1.29 is 42.4 Å². The average Bonchev–Trinajstić information content (AvgIpc) is 0. The van der Waals surface area contributed by atoms with E-state index in [-0.39, 0.29) is 42.4 Å². The molecule has 0 aliphatic carbocycles. The van der Waals surface area contributed by atoms with Crippen molar-refractivity contribution in [1.29, 1.82) is 0 Å². The summed E-state index contributed by atoms with van der Waals surface area (Å²) >= 11 is 0. The van der Waals surface area contributed by atoms with Gasteiger partial charge in [-0.2, -0.15) is 0 Å². The molecule has 0 N–H and O–H groups in total. The molecule has 0 radical (unpaired) electrons. The van der Waals surface area contributed by atoms with E-state index in [1.807, 2.05) is 0 Å². The van der Waals surface area contributed by atoms with Crippen molar-refractivity contribution >= 4 is 0 Å². The summed E-state index contributed by atoms with van der Waals surface area (Å²) in [6, 6.07) is 0. The summed E-state index contributed by atoms with van der Waals surface area (Å²) in [5.41, 5.74) is 0. The molecule has 0 aromatic heterocycles. The summed E-state index contributed by atoms with van der Waals surface area (Å²) in [6.45, 7) is 0. The summed E-state index contributed by atoms with van der Waals surface area (Å²) in [4.78, 5) is 0. The molecule has 0 unspecified atom stereocenters. The standard InChI is InChI=1S/5FH.Li/h5*1H;/q;;;;;+1/p-5. The van der Waals surface area contributed by atoms with Gasteiger partial charge in [0, 0.05) is 0 Å². The van der Waals surface area contributed by atoms with Gasteiger partial charge in [0.25, 0.3) is 0 Å². The van der Waals surface area contributed by atoms with E-state index in [1.165, 1.54) is 0 Å². The monoisotopic (exact) mass is 102 g/mol. The van der Waals surface area contributed by atoms with Gasteiger partial charge in [0.15, 0.2) is 0 Å². The van der Waals surface area contributed by atoms with Crippen LogP contribution in [-0.2, 0) is 0 Å². The van der Waals surface area contributed by atoms with Crippen LogP contribution in [0.1, 0.15) is 0 Å². The maximum absolute atomic E-state index is 0. The fraction of sp³-hybridized carbons (Fsp3) is 0. The van der Waals surface area contributed by atoms with Gasteiger partial charge in [-0.15, -0.1) is 0 Å². The zero-order valence-corrected chi connectivity index (χ0v) is 2.89. The van der Waals surface area contributed by atoms with Crippen LogP contribution in [0.2, 0.25) is 0 Å². The minimum absolute atomic E-state index is 0. The third-order valence-electron chi connectivity index (χ3n) is 0. The van der Waals surface area contributed by atoms with E-state index < -0.39 is 0 Å². The summed E-state index contributed by atoms with van der Waals surface area (Å²) in [7, 11) is 0. The Balaban J connectivity index is 0. The largest absolute Gasteiger partial charge is 1.00 e. The van der Waals surface area contributed by atoms with Crippen LogP contribution in [0.3, 0.4) is 0 Å². The second kappa shape index (κ2) is 1550. The first-order chi connectivity index (χ1) is 0. The second-order valence-electron chi connectivity index (χ2n) is 0. The van der Waals surface area contributed by atoms with E-state index in [1.54, 1.807) is 0 Å². The minimum Gasteiger partial charge on any atom is -1.00 e. The van der Waals surface area contributed by atoms with Crippen LogP contribution in [-0.4, -0.2) is 0 Å². The normalized spacial score (nSPS) is 0. The quantitative estimate of drug-likeness (QED) is 0.210. The average molecular weight is 102 g/mol. The second-order valence-corrected chi connectivity index (χ2v) is 0. The van der Waals surface area contributed by atoms with Crippen molar-refractivity contribution in [3.05, 3.63) is 0 Å². The molecule has 0 aromatic rings. The zero-order chi connectivity index (χ0) is 0. The molecular formula is F5Li-4. The Morgan fingerprint density at radius 1 is 0.333 bits per heavy atom. The summed E-state index contributed by atoms with van der Waals surface area (Å²) < 4.78 is 0. The Kier molecular flexibility index (Phi) is 724000. The van der Waals surface area contributed by atoms with Gasteiger partial charge in [-0.25, -0.2) is 0 Å². The Bertz CT molecular complexity index is 3.90. The van der Waals surface area contributed by atoms with Crippen molar-refractivity contribution in [3.63, 3.8) is 0 Å². The molecule has 0 fully saturated rings. The zero-order valence-electron chi connectivity index (χ0n) is 2.89. The molecule has 0 atom stereocenters. The van der Waals surface area contributed by atoms with E-state index >= 15 is 0 Å².